The van der Waals surface area contributed by atoms with E-state index in [1.807, 2.05) is 55.0 Å². The number of hydrogen-bond donors (Lipinski definition) is 0. The molecule has 2 amide bonds. The van der Waals surface area contributed by atoms with Gasteiger partial charge in [-0.25, -0.2) is 4.98 Å². The van der Waals surface area contributed by atoms with Crippen molar-refractivity contribution in [2.75, 3.05) is 51.1 Å². The predicted molar refractivity (Wildman–Crippen MR) is 155 cm³/mol. The lowest BCUT2D eigenvalue weighted by atomic mass is 9.99. The maximum atomic E-state index is 13.6. The van der Waals surface area contributed by atoms with Crippen LogP contribution in [0.25, 0.3) is 0 Å². The minimum atomic E-state index is 0.0639. The Morgan fingerprint density at radius 2 is 1.69 bits per heavy atom. The Morgan fingerprint density at radius 3 is 2.41 bits per heavy atom. The molecule has 0 radical (unpaired) electrons. The highest BCUT2D eigenvalue weighted by atomic mass is 16.2. The SMILES string of the molecule is CN(C)c1nccc(N2CCC(N(C)C(=O)c3ccc4c(c3)C(N(C)C(=O)CCC3CCCC3)CC4)CC2)n1. The fourth-order valence-corrected chi connectivity index (χ4v) is 6.68. The monoisotopic (exact) mass is 532 g/mol. The molecule has 2 aromatic rings. The molecule has 3 aliphatic rings. The van der Waals surface area contributed by atoms with Crippen molar-refractivity contribution < 1.29 is 9.59 Å². The molecule has 1 aromatic carbocycles. The van der Waals surface area contributed by atoms with Crippen molar-refractivity contribution >= 4 is 23.6 Å². The second-order valence-corrected chi connectivity index (χ2v) is 11.9. The summed E-state index contributed by atoms with van der Waals surface area (Å²) in [5.41, 5.74) is 3.15. The van der Waals surface area contributed by atoms with E-state index in [0.29, 0.717) is 12.4 Å². The number of carbonyl (C=O) groups excluding carboxylic acids is 2. The maximum absolute atomic E-state index is 13.6. The predicted octanol–water partition coefficient (Wildman–Crippen LogP) is 4.70. The highest BCUT2D eigenvalue weighted by molar-refractivity contribution is 5.94. The molecular formula is C31H44N6O2. The quantitative estimate of drug-likeness (QED) is 0.491. The summed E-state index contributed by atoms with van der Waals surface area (Å²) in [4.78, 5) is 43.7. The van der Waals surface area contributed by atoms with E-state index in [2.05, 4.69) is 27.0 Å². The molecule has 0 N–H and O–H groups in total. The first kappa shape index (κ1) is 27.4. The molecular weight excluding hydrogens is 488 g/mol. The van der Waals surface area contributed by atoms with E-state index in [1.165, 1.54) is 31.2 Å². The van der Waals surface area contributed by atoms with E-state index >= 15 is 0 Å². The number of fused-ring (bicyclic) bond motifs is 1. The van der Waals surface area contributed by atoms with Gasteiger partial charge in [0.1, 0.15) is 5.82 Å². The summed E-state index contributed by atoms with van der Waals surface area (Å²) in [6.45, 7) is 1.71. The van der Waals surface area contributed by atoms with Gasteiger partial charge in [-0.05, 0) is 67.3 Å². The molecule has 8 nitrogen and oxygen atoms in total. The van der Waals surface area contributed by atoms with Crippen LogP contribution in [-0.4, -0.2) is 78.9 Å². The van der Waals surface area contributed by atoms with Crippen LogP contribution in [0.3, 0.4) is 0 Å². The van der Waals surface area contributed by atoms with E-state index in [-0.39, 0.29) is 23.9 Å². The van der Waals surface area contributed by atoms with Crippen molar-refractivity contribution in [2.45, 2.75) is 76.3 Å². The number of hydrogen-bond acceptors (Lipinski definition) is 6. The van der Waals surface area contributed by atoms with Gasteiger partial charge in [-0.3, -0.25) is 9.59 Å². The lowest BCUT2D eigenvalue weighted by molar-refractivity contribution is -0.132. The van der Waals surface area contributed by atoms with Crippen molar-refractivity contribution in [3.8, 4) is 0 Å². The summed E-state index contributed by atoms with van der Waals surface area (Å²) in [6.07, 6.45) is 12.3. The Labute approximate surface area is 233 Å². The van der Waals surface area contributed by atoms with E-state index in [4.69, 9.17) is 0 Å². The van der Waals surface area contributed by atoms with Crippen molar-refractivity contribution in [1.29, 1.82) is 0 Å². The normalized spacial score (nSPS) is 19.7. The molecule has 1 atom stereocenters. The molecule has 2 aliphatic carbocycles. The Morgan fingerprint density at radius 1 is 0.949 bits per heavy atom. The Balaban J connectivity index is 1.20. The smallest absolute Gasteiger partial charge is 0.253 e. The summed E-state index contributed by atoms with van der Waals surface area (Å²) >= 11 is 0. The summed E-state index contributed by atoms with van der Waals surface area (Å²) < 4.78 is 0. The van der Waals surface area contributed by atoms with Gasteiger partial charge in [0.25, 0.3) is 5.91 Å². The summed E-state index contributed by atoms with van der Waals surface area (Å²) in [5.74, 6) is 2.67. The van der Waals surface area contributed by atoms with Crippen LogP contribution < -0.4 is 9.80 Å². The molecule has 2 heterocycles. The molecule has 1 aromatic heterocycles. The first-order chi connectivity index (χ1) is 18.8. The number of amides is 2. The Bertz CT molecular complexity index is 1170. The van der Waals surface area contributed by atoms with Crippen LogP contribution in [0.15, 0.2) is 30.5 Å². The van der Waals surface area contributed by atoms with Crippen LogP contribution in [-0.2, 0) is 11.2 Å². The van der Waals surface area contributed by atoms with Gasteiger partial charge in [-0.2, -0.15) is 4.98 Å². The molecule has 8 heteroatoms. The average molecular weight is 533 g/mol. The summed E-state index contributed by atoms with van der Waals surface area (Å²) in [6, 6.07) is 8.35. The number of aryl methyl sites for hydroxylation is 1. The first-order valence-corrected chi connectivity index (χ1v) is 14.7. The average Bonchev–Trinajstić information content (AvgIpc) is 3.64. The Hall–Kier alpha value is -3.16. The zero-order chi connectivity index (χ0) is 27.5. The minimum Gasteiger partial charge on any atom is -0.356 e. The molecule has 0 bridgehead atoms. The molecule has 39 heavy (non-hydrogen) atoms. The number of carbonyl (C=O) groups is 2. The fourth-order valence-electron chi connectivity index (χ4n) is 6.68. The summed E-state index contributed by atoms with van der Waals surface area (Å²) in [7, 11) is 7.77. The van der Waals surface area contributed by atoms with E-state index < -0.39 is 0 Å². The van der Waals surface area contributed by atoms with Gasteiger partial charge in [0.2, 0.25) is 11.9 Å². The zero-order valence-electron chi connectivity index (χ0n) is 24.1. The number of piperidine rings is 1. The first-order valence-electron chi connectivity index (χ1n) is 14.7. The minimum absolute atomic E-state index is 0.0639. The van der Waals surface area contributed by atoms with Gasteiger partial charge >= 0.3 is 0 Å². The van der Waals surface area contributed by atoms with Gasteiger partial charge in [0, 0.05) is 65.5 Å². The molecule has 5 rings (SSSR count). The lowest BCUT2D eigenvalue weighted by Gasteiger charge is -2.37. The van der Waals surface area contributed by atoms with Crippen molar-refractivity contribution in [3.05, 3.63) is 47.2 Å². The third-order valence-corrected chi connectivity index (χ3v) is 9.23. The van der Waals surface area contributed by atoms with Crippen molar-refractivity contribution in [1.82, 2.24) is 19.8 Å². The lowest BCUT2D eigenvalue weighted by Crippen LogP contribution is -2.46. The van der Waals surface area contributed by atoms with Crippen LogP contribution in [0, 0.1) is 5.92 Å². The number of aromatic nitrogens is 2. The third-order valence-electron chi connectivity index (χ3n) is 9.23. The number of nitrogens with zero attached hydrogens (tertiary/aromatic N) is 6. The van der Waals surface area contributed by atoms with Crippen LogP contribution in [0.4, 0.5) is 11.8 Å². The second-order valence-electron chi connectivity index (χ2n) is 11.9. The molecule has 0 spiro atoms. The van der Waals surface area contributed by atoms with Gasteiger partial charge in [-0.1, -0.05) is 31.7 Å². The number of rotatable bonds is 8. The standard InChI is InChI=1S/C31H44N6O2/c1-34(2)31-32-18-15-28(33-31)37-19-16-25(17-20-37)35(3)30(39)24-11-10-23-12-13-27(26(23)21-24)36(4)29(38)14-9-22-7-5-6-8-22/h10-11,15,18,21-22,25,27H,5-9,12-14,16-17,19-20H2,1-4H3. The van der Waals surface area contributed by atoms with E-state index in [1.54, 1.807) is 6.20 Å². The topological polar surface area (TPSA) is 72.9 Å². The highest BCUT2D eigenvalue weighted by Crippen LogP contribution is 2.37. The molecule has 1 saturated carbocycles. The van der Waals surface area contributed by atoms with Crippen molar-refractivity contribution in [3.63, 3.8) is 0 Å². The number of anilines is 2. The Kier molecular flexibility index (Phi) is 8.38. The van der Waals surface area contributed by atoms with Gasteiger partial charge in [-0.15, -0.1) is 0 Å². The van der Waals surface area contributed by atoms with Crippen LogP contribution in [0.1, 0.15) is 85.3 Å². The largest absolute Gasteiger partial charge is 0.356 e. The van der Waals surface area contributed by atoms with Crippen LogP contribution in [0.5, 0.6) is 0 Å². The van der Waals surface area contributed by atoms with Gasteiger partial charge in [0.05, 0.1) is 6.04 Å². The summed E-state index contributed by atoms with van der Waals surface area (Å²) in [5, 5.41) is 0. The fraction of sp³-hybridized carbons (Fsp3) is 0.613. The van der Waals surface area contributed by atoms with E-state index in [9.17, 15) is 9.59 Å². The van der Waals surface area contributed by atoms with Gasteiger partial charge in [0.15, 0.2) is 0 Å². The van der Waals surface area contributed by atoms with Crippen LogP contribution >= 0.6 is 0 Å². The molecule has 210 valence electrons. The third kappa shape index (κ3) is 6.04. The molecule has 1 aliphatic heterocycles. The molecule has 1 unspecified atom stereocenters. The van der Waals surface area contributed by atoms with E-state index in [0.717, 1.165) is 68.1 Å². The van der Waals surface area contributed by atoms with Gasteiger partial charge < -0.3 is 19.6 Å². The maximum Gasteiger partial charge on any atom is 0.253 e. The highest BCUT2D eigenvalue weighted by Gasteiger charge is 2.32. The number of benzene rings is 1. The molecule has 2 fully saturated rings. The van der Waals surface area contributed by atoms with Crippen molar-refractivity contribution in [2.24, 2.45) is 5.92 Å². The van der Waals surface area contributed by atoms with Crippen LogP contribution in [0.2, 0.25) is 0 Å². The molecule has 1 saturated heterocycles. The second kappa shape index (κ2) is 11.9. The zero-order valence-corrected chi connectivity index (χ0v) is 24.1.